The van der Waals surface area contributed by atoms with Gasteiger partial charge in [-0.3, -0.25) is 4.79 Å². The highest BCUT2D eigenvalue weighted by molar-refractivity contribution is 5.78. The molecule has 11 heteroatoms. The number of esters is 1. The van der Waals surface area contributed by atoms with Crippen molar-refractivity contribution in [3.63, 3.8) is 0 Å². The van der Waals surface area contributed by atoms with Crippen molar-refractivity contribution in [2.75, 3.05) is 19.6 Å². The molecule has 6 nitrogen and oxygen atoms in total. The molecule has 1 saturated heterocycles. The van der Waals surface area contributed by atoms with E-state index in [4.69, 9.17) is 4.74 Å². The molecule has 188 valence electrons. The Hall–Kier alpha value is -3.05. The number of carbonyl (C=O) groups is 2. The van der Waals surface area contributed by atoms with Crippen molar-refractivity contribution in [1.29, 1.82) is 0 Å². The van der Waals surface area contributed by atoms with Crippen LogP contribution in [0.5, 0.6) is 5.75 Å². The number of halogens is 5. The number of alkyl halides is 3. The molecular weight excluding hydrogens is 477 g/mol. The molecule has 1 atom stereocenters. The monoisotopic (exact) mass is 499 g/mol. The molecule has 1 unspecified atom stereocenters. The first kappa shape index (κ1) is 25.1. The third-order valence-electron chi connectivity index (χ3n) is 6.54. The van der Waals surface area contributed by atoms with E-state index in [9.17, 15) is 36.6 Å². The molecule has 2 aromatic carbocycles. The standard InChI is InChI=1S/C24H22F5NO5/c25-18-5-6-19(35-22(33)24(27,28)29)20(26)16(18)11-15(21(31)32)12-30-9-7-23(8-10-30)17-4-2-1-3-14(17)13-34-23/h1-6,15H,7-13H2,(H,31,32). The Labute approximate surface area is 197 Å². The van der Waals surface area contributed by atoms with Crippen LogP contribution in [0.3, 0.4) is 0 Å². The first-order chi connectivity index (χ1) is 16.5. The van der Waals surface area contributed by atoms with E-state index in [0.717, 1.165) is 11.1 Å². The SMILES string of the molecule is O=C(O)C(Cc1c(F)ccc(OC(=O)C(F)(F)F)c1F)CN1CCC2(CC1)OCc1ccccc12. The number of nitrogens with zero attached hydrogens (tertiary/aromatic N) is 1. The molecule has 1 fully saturated rings. The molecular formula is C24H22F5NO5. The highest BCUT2D eigenvalue weighted by atomic mass is 19.4. The average molecular weight is 499 g/mol. The largest absolute Gasteiger partial charge is 0.491 e. The maximum absolute atomic E-state index is 14.7. The van der Waals surface area contributed by atoms with Gasteiger partial charge in [0.05, 0.1) is 18.1 Å². The van der Waals surface area contributed by atoms with E-state index in [0.29, 0.717) is 44.7 Å². The molecule has 4 rings (SSSR count). The highest BCUT2D eigenvalue weighted by Gasteiger charge is 2.43. The van der Waals surface area contributed by atoms with Crippen LogP contribution in [0.1, 0.15) is 29.5 Å². The quantitative estimate of drug-likeness (QED) is 0.365. The number of piperidine rings is 1. The maximum Gasteiger partial charge on any atom is 0.491 e. The summed E-state index contributed by atoms with van der Waals surface area (Å²) in [6.07, 6.45) is -4.78. The van der Waals surface area contributed by atoms with E-state index in [1.54, 1.807) is 0 Å². The highest BCUT2D eigenvalue weighted by Crippen LogP contribution is 2.44. The van der Waals surface area contributed by atoms with Crippen molar-refractivity contribution < 1.29 is 46.1 Å². The first-order valence-electron chi connectivity index (χ1n) is 10.9. The molecule has 1 N–H and O–H groups in total. The number of aliphatic carboxylic acids is 1. The van der Waals surface area contributed by atoms with Crippen LogP contribution >= 0.6 is 0 Å². The lowest BCUT2D eigenvalue weighted by molar-refractivity contribution is -0.189. The second-order valence-corrected chi connectivity index (χ2v) is 8.71. The molecule has 0 saturated carbocycles. The van der Waals surface area contributed by atoms with Crippen molar-refractivity contribution in [3.8, 4) is 5.75 Å². The number of hydrogen-bond acceptors (Lipinski definition) is 5. The predicted molar refractivity (Wildman–Crippen MR) is 111 cm³/mol. The van der Waals surface area contributed by atoms with Crippen LogP contribution < -0.4 is 4.74 Å². The summed E-state index contributed by atoms with van der Waals surface area (Å²) in [6.45, 7) is 1.46. The van der Waals surface area contributed by atoms with Gasteiger partial charge in [-0.15, -0.1) is 0 Å². The predicted octanol–water partition coefficient (Wildman–Crippen LogP) is 4.20. The van der Waals surface area contributed by atoms with Gasteiger partial charge in [-0.1, -0.05) is 24.3 Å². The van der Waals surface area contributed by atoms with Crippen molar-refractivity contribution in [2.24, 2.45) is 5.92 Å². The molecule has 0 amide bonds. The number of rotatable bonds is 6. The van der Waals surface area contributed by atoms with Crippen molar-refractivity contribution in [1.82, 2.24) is 4.90 Å². The number of hydrogen-bond donors (Lipinski definition) is 1. The van der Waals surface area contributed by atoms with E-state index >= 15 is 0 Å². The summed E-state index contributed by atoms with van der Waals surface area (Å²) >= 11 is 0. The summed E-state index contributed by atoms with van der Waals surface area (Å²) in [5.41, 5.74) is 1.03. The van der Waals surface area contributed by atoms with Crippen LogP contribution in [0.4, 0.5) is 22.0 Å². The van der Waals surface area contributed by atoms with Crippen LogP contribution in [0.2, 0.25) is 0 Å². The zero-order chi connectivity index (χ0) is 25.4. The fourth-order valence-electron chi connectivity index (χ4n) is 4.68. The second kappa shape index (κ2) is 9.54. The van der Waals surface area contributed by atoms with Crippen LogP contribution in [0, 0.1) is 17.6 Å². The van der Waals surface area contributed by atoms with Gasteiger partial charge in [0.25, 0.3) is 0 Å². The fraction of sp³-hybridized carbons (Fsp3) is 0.417. The van der Waals surface area contributed by atoms with Gasteiger partial charge in [0.15, 0.2) is 11.6 Å². The average Bonchev–Trinajstić information content (AvgIpc) is 3.16. The molecule has 2 aromatic rings. The molecule has 2 aliphatic heterocycles. The van der Waals surface area contributed by atoms with Gasteiger partial charge in [0, 0.05) is 25.2 Å². The summed E-state index contributed by atoms with van der Waals surface area (Å²) < 4.78 is 76.5. The van der Waals surface area contributed by atoms with Crippen LogP contribution in [-0.2, 0) is 33.0 Å². The fourth-order valence-corrected chi connectivity index (χ4v) is 4.68. The minimum absolute atomic E-state index is 0.0293. The van der Waals surface area contributed by atoms with Gasteiger partial charge in [-0.05, 0) is 42.5 Å². The number of likely N-dealkylation sites (tertiary alicyclic amines) is 1. The van der Waals surface area contributed by atoms with E-state index in [-0.39, 0.29) is 6.54 Å². The summed E-state index contributed by atoms with van der Waals surface area (Å²) in [4.78, 5) is 24.8. The Kier molecular flexibility index (Phi) is 6.83. The van der Waals surface area contributed by atoms with Crippen molar-refractivity contribution >= 4 is 11.9 Å². The number of fused-ring (bicyclic) bond motifs is 2. The van der Waals surface area contributed by atoms with Crippen LogP contribution in [0.25, 0.3) is 0 Å². The number of carbonyl (C=O) groups excluding carboxylic acids is 1. The Bertz CT molecular complexity index is 1130. The summed E-state index contributed by atoms with van der Waals surface area (Å²) in [5, 5.41) is 9.67. The van der Waals surface area contributed by atoms with E-state index < -0.39 is 59.0 Å². The number of carboxylic acids is 1. The van der Waals surface area contributed by atoms with Crippen LogP contribution in [0.15, 0.2) is 36.4 Å². The summed E-state index contributed by atoms with van der Waals surface area (Å²) in [7, 11) is 0. The topological polar surface area (TPSA) is 76.1 Å². The lowest BCUT2D eigenvalue weighted by Gasteiger charge is -2.40. The molecule has 35 heavy (non-hydrogen) atoms. The molecule has 0 aliphatic carbocycles. The van der Waals surface area contributed by atoms with Gasteiger partial charge in [0.2, 0.25) is 0 Å². The van der Waals surface area contributed by atoms with Crippen LogP contribution in [-0.4, -0.2) is 47.8 Å². The zero-order valence-corrected chi connectivity index (χ0v) is 18.4. The number of ether oxygens (including phenoxy) is 2. The molecule has 2 heterocycles. The number of benzene rings is 2. The third kappa shape index (κ3) is 5.15. The van der Waals surface area contributed by atoms with E-state index in [2.05, 4.69) is 4.74 Å². The van der Waals surface area contributed by atoms with Gasteiger partial charge in [-0.25, -0.2) is 13.6 Å². The molecule has 0 bridgehead atoms. The molecule has 1 spiro atoms. The number of carboxylic acid groups (broad SMARTS) is 1. The minimum atomic E-state index is -5.38. The normalized spacial score (nSPS) is 18.3. The Balaban J connectivity index is 1.45. The second-order valence-electron chi connectivity index (χ2n) is 8.71. The van der Waals surface area contributed by atoms with Gasteiger partial charge < -0.3 is 19.5 Å². The van der Waals surface area contributed by atoms with E-state index in [1.807, 2.05) is 29.2 Å². The Morgan fingerprint density at radius 1 is 1.11 bits per heavy atom. The molecule has 0 radical (unpaired) electrons. The minimum Gasteiger partial charge on any atom is -0.481 e. The summed E-state index contributed by atoms with van der Waals surface area (Å²) in [6, 6.07) is 9.08. The van der Waals surface area contributed by atoms with E-state index in [1.165, 1.54) is 0 Å². The lowest BCUT2D eigenvalue weighted by atomic mass is 9.83. The zero-order valence-electron chi connectivity index (χ0n) is 18.4. The molecule has 2 aliphatic rings. The molecule has 0 aromatic heterocycles. The maximum atomic E-state index is 14.7. The van der Waals surface area contributed by atoms with Gasteiger partial charge >= 0.3 is 18.1 Å². The lowest BCUT2D eigenvalue weighted by Crippen LogP contribution is -2.45. The first-order valence-corrected chi connectivity index (χ1v) is 10.9. The summed E-state index contributed by atoms with van der Waals surface area (Å²) in [5.74, 6) is -9.04. The Morgan fingerprint density at radius 2 is 1.80 bits per heavy atom. The van der Waals surface area contributed by atoms with Crippen molar-refractivity contribution in [3.05, 3.63) is 64.7 Å². The van der Waals surface area contributed by atoms with Crippen molar-refractivity contribution in [2.45, 2.75) is 37.6 Å². The van der Waals surface area contributed by atoms with Gasteiger partial charge in [-0.2, -0.15) is 13.2 Å². The smallest absolute Gasteiger partial charge is 0.481 e. The third-order valence-corrected chi connectivity index (χ3v) is 6.54. The Morgan fingerprint density at radius 3 is 2.46 bits per heavy atom. The van der Waals surface area contributed by atoms with Gasteiger partial charge in [0.1, 0.15) is 5.82 Å².